The molecule has 0 aliphatic carbocycles. The average Bonchev–Trinajstić information content (AvgIpc) is 3.16. The van der Waals surface area contributed by atoms with Crippen LogP contribution < -0.4 is 20.3 Å². The Hall–Kier alpha value is -3.65. The van der Waals surface area contributed by atoms with Crippen LogP contribution in [0.1, 0.15) is 20.8 Å². The highest BCUT2D eigenvalue weighted by atomic mass is 32.1. The molecule has 8 heteroatoms. The van der Waals surface area contributed by atoms with Crippen molar-refractivity contribution in [3.63, 3.8) is 0 Å². The number of amides is 1. The Balaban J connectivity index is 1.63. The first-order valence-corrected chi connectivity index (χ1v) is 10.9. The third-order valence-corrected chi connectivity index (χ3v) is 6.46. The van der Waals surface area contributed by atoms with E-state index < -0.39 is 0 Å². The Labute approximate surface area is 189 Å². The van der Waals surface area contributed by atoms with E-state index in [1.807, 2.05) is 30.3 Å². The van der Waals surface area contributed by atoms with E-state index >= 15 is 0 Å². The molecule has 0 bridgehead atoms. The maximum Gasteiger partial charge on any atom is 0.266 e. The molecule has 4 rings (SSSR count). The molecular formula is C24H23N3O4S. The molecule has 0 radical (unpaired) electrons. The number of hydrogen-bond acceptors (Lipinski definition) is 6. The van der Waals surface area contributed by atoms with Crippen LogP contribution in [0.3, 0.4) is 0 Å². The number of thiophene rings is 1. The van der Waals surface area contributed by atoms with Crippen LogP contribution in [0.25, 0.3) is 10.2 Å². The number of aromatic nitrogens is 2. The SMILES string of the molecule is COc1ccc(OC)c(NC(=O)c2sc3ncn(CCc4ccccc4)c(=O)c3c2C)c1. The summed E-state index contributed by atoms with van der Waals surface area (Å²) in [6.07, 6.45) is 2.27. The minimum atomic E-state index is -0.327. The van der Waals surface area contributed by atoms with Gasteiger partial charge < -0.3 is 14.8 Å². The van der Waals surface area contributed by atoms with Crippen molar-refractivity contribution in [2.75, 3.05) is 19.5 Å². The zero-order valence-electron chi connectivity index (χ0n) is 18.0. The smallest absolute Gasteiger partial charge is 0.266 e. The molecule has 1 N–H and O–H groups in total. The highest BCUT2D eigenvalue weighted by Gasteiger charge is 2.21. The number of fused-ring (bicyclic) bond motifs is 1. The molecule has 0 saturated heterocycles. The molecule has 0 fully saturated rings. The highest BCUT2D eigenvalue weighted by Crippen LogP contribution is 2.32. The summed E-state index contributed by atoms with van der Waals surface area (Å²) in [5.41, 5.74) is 2.12. The molecule has 2 aromatic heterocycles. The van der Waals surface area contributed by atoms with Crippen LogP contribution in [0.2, 0.25) is 0 Å². The first-order chi connectivity index (χ1) is 15.5. The van der Waals surface area contributed by atoms with E-state index in [1.165, 1.54) is 18.4 Å². The van der Waals surface area contributed by atoms with Gasteiger partial charge in [0.1, 0.15) is 16.3 Å². The fourth-order valence-electron chi connectivity index (χ4n) is 3.52. The fourth-order valence-corrected chi connectivity index (χ4v) is 4.55. The molecule has 1 amide bonds. The number of nitrogens with zero attached hydrogens (tertiary/aromatic N) is 2. The summed E-state index contributed by atoms with van der Waals surface area (Å²) >= 11 is 1.20. The number of aryl methyl sites for hydroxylation is 3. The number of ether oxygens (including phenoxy) is 2. The molecule has 7 nitrogen and oxygen atoms in total. The Morgan fingerprint density at radius 3 is 2.62 bits per heavy atom. The fraction of sp³-hybridized carbons (Fsp3) is 0.208. The lowest BCUT2D eigenvalue weighted by Crippen LogP contribution is -2.21. The number of carbonyl (C=O) groups is 1. The maximum atomic E-state index is 13.1. The van der Waals surface area contributed by atoms with Gasteiger partial charge in [0.2, 0.25) is 0 Å². The Bertz CT molecular complexity index is 1330. The van der Waals surface area contributed by atoms with Gasteiger partial charge in [0.15, 0.2) is 0 Å². The van der Waals surface area contributed by atoms with Gasteiger partial charge in [-0.05, 0) is 36.6 Å². The van der Waals surface area contributed by atoms with E-state index in [2.05, 4.69) is 10.3 Å². The molecule has 164 valence electrons. The lowest BCUT2D eigenvalue weighted by molar-refractivity contribution is 0.102. The van der Waals surface area contributed by atoms with Gasteiger partial charge in [-0.1, -0.05) is 30.3 Å². The van der Waals surface area contributed by atoms with Gasteiger partial charge in [0.05, 0.1) is 36.5 Å². The van der Waals surface area contributed by atoms with E-state index in [9.17, 15) is 9.59 Å². The standard InChI is InChI=1S/C24H23N3O4S/c1-15-20-23(25-14-27(24(20)29)12-11-16-7-5-4-6-8-16)32-21(15)22(28)26-18-13-17(30-2)9-10-19(18)31-3/h4-10,13-14H,11-12H2,1-3H3,(H,26,28). The molecule has 0 saturated carbocycles. The molecule has 2 aromatic carbocycles. The Kier molecular flexibility index (Phi) is 6.23. The molecule has 4 aromatic rings. The summed E-state index contributed by atoms with van der Waals surface area (Å²) in [7, 11) is 3.09. The van der Waals surface area contributed by atoms with Gasteiger partial charge in [-0.3, -0.25) is 14.2 Å². The molecule has 0 atom stereocenters. The van der Waals surface area contributed by atoms with E-state index in [-0.39, 0.29) is 11.5 Å². The van der Waals surface area contributed by atoms with Gasteiger partial charge in [0, 0.05) is 12.6 Å². The number of hydrogen-bond donors (Lipinski definition) is 1. The highest BCUT2D eigenvalue weighted by molar-refractivity contribution is 7.20. The lowest BCUT2D eigenvalue weighted by atomic mass is 10.1. The predicted molar refractivity (Wildman–Crippen MR) is 126 cm³/mol. The second-order valence-electron chi connectivity index (χ2n) is 7.24. The molecule has 32 heavy (non-hydrogen) atoms. The molecule has 0 aliphatic rings. The van der Waals surface area contributed by atoms with Crippen molar-refractivity contribution >= 4 is 33.1 Å². The van der Waals surface area contributed by atoms with E-state index in [1.54, 1.807) is 43.1 Å². The number of benzene rings is 2. The average molecular weight is 450 g/mol. The zero-order valence-corrected chi connectivity index (χ0v) is 18.9. The second-order valence-corrected chi connectivity index (χ2v) is 8.23. The summed E-state index contributed by atoms with van der Waals surface area (Å²) < 4.78 is 12.2. The van der Waals surface area contributed by atoms with Gasteiger partial charge >= 0.3 is 0 Å². The van der Waals surface area contributed by atoms with Crippen LogP contribution in [-0.4, -0.2) is 29.7 Å². The molecular weight excluding hydrogens is 426 g/mol. The minimum absolute atomic E-state index is 0.141. The molecule has 0 unspecified atom stereocenters. The Morgan fingerprint density at radius 2 is 1.91 bits per heavy atom. The third-order valence-electron chi connectivity index (χ3n) is 5.26. The van der Waals surface area contributed by atoms with E-state index in [0.717, 1.165) is 12.0 Å². The lowest BCUT2D eigenvalue weighted by Gasteiger charge is -2.11. The van der Waals surface area contributed by atoms with E-state index in [4.69, 9.17) is 9.47 Å². The number of methoxy groups -OCH3 is 2. The summed E-state index contributed by atoms with van der Waals surface area (Å²) in [6.45, 7) is 2.30. The first kappa shape index (κ1) is 21.6. The van der Waals surface area contributed by atoms with Crippen LogP contribution in [0.15, 0.2) is 59.7 Å². The molecule has 2 heterocycles. The van der Waals surface area contributed by atoms with Crippen molar-refractivity contribution < 1.29 is 14.3 Å². The largest absolute Gasteiger partial charge is 0.497 e. The van der Waals surface area contributed by atoms with Crippen molar-refractivity contribution in [1.82, 2.24) is 9.55 Å². The third kappa shape index (κ3) is 4.22. The number of anilines is 1. The van der Waals surface area contributed by atoms with Crippen molar-refractivity contribution in [2.45, 2.75) is 19.9 Å². The van der Waals surface area contributed by atoms with Gasteiger partial charge in [0.25, 0.3) is 11.5 Å². The number of nitrogens with one attached hydrogen (secondary N) is 1. The number of rotatable bonds is 7. The van der Waals surface area contributed by atoms with Crippen molar-refractivity contribution in [2.24, 2.45) is 0 Å². The van der Waals surface area contributed by atoms with Crippen LogP contribution in [-0.2, 0) is 13.0 Å². The summed E-state index contributed by atoms with van der Waals surface area (Å²) in [6, 6.07) is 15.1. The van der Waals surface area contributed by atoms with E-state index in [0.29, 0.717) is 44.4 Å². The van der Waals surface area contributed by atoms with Crippen LogP contribution in [0.4, 0.5) is 5.69 Å². The summed E-state index contributed by atoms with van der Waals surface area (Å²) in [4.78, 5) is 31.6. The zero-order chi connectivity index (χ0) is 22.7. The second kappa shape index (κ2) is 9.23. The predicted octanol–water partition coefficient (Wildman–Crippen LogP) is 4.28. The minimum Gasteiger partial charge on any atom is -0.497 e. The summed E-state index contributed by atoms with van der Waals surface area (Å²) in [5, 5.41) is 3.34. The first-order valence-electron chi connectivity index (χ1n) is 10.1. The van der Waals surface area contributed by atoms with Crippen molar-refractivity contribution in [3.8, 4) is 11.5 Å². The van der Waals surface area contributed by atoms with Crippen LogP contribution in [0, 0.1) is 6.92 Å². The Morgan fingerprint density at radius 1 is 1.12 bits per heavy atom. The molecule has 0 spiro atoms. The van der Waals surface area contributed by atoms with Crippen molar-refractivity contribution in [3.05, 3.63) is 81.2 Å². The van der Waals surface area contributed by atoms with Gasteiger partial charge in [-0.25, -0.2) is 4.98 Å². The number of carbonyl (C=O) groups excluding carboxylic acids is 1. The maximum absolute atomic E-state index is 13.1. The summed E-state index contributed by atoms with van der Waals surface area (Å²) in [5.74, 6) is 0.781. The normalized spacial score (nSPS) is 10.8. The van der Waals surface area contributed by atoms with Crippen LogP contribution >= 0.6 is 11.3 Å². The van der Waals surface area contributed by atoms with Gasteiger partial charge in [-0.2, -0.15) is 0 Å². The quantitative estimate of drug-likeness (QED) is 0.455. The topological polar surface area (TPSA) is 82.4 Å². The molecule has 0 aliphatic heterocycles. The van der Waals surface area contributed by atoms with Crippen molar-refractivity contribution in [1.29, 1.82) is 0 Å². The monoisotopic (exact) mass is 449 g/mol. The van der Waals surface area contributed by atoms with Crippen LogP contribution in [0.5, 0.6) is 11.5 Å². The van der Waals surface area contributed by atoms with Gasteiger partial charge in [-0.15, -0.1) is 11.3 Å².